The fourth-order valence-electron chi connectivity index (χ4n) is 3.72. The zero-order valence-electron chi connectivity index (χ0n) is 17.2. The second-order valence-corrected chi connectivity index (χ2v) is 7.38. The number of imidazole rings is 1. The number of carbonyl (C=O) groups excluding carboxylic acids is 1. The summed E-state index contributed by atoms with van der Waals surface area (Å²) in [6.07, 6.45) is 0.908. The summed E-state index contributed by atoms with van der Waals surface area (Å²) < 4.78 is 5.19. The number of para-hydroxylation sites is 2. The predicted octanol–water partition coefficient (Wildman–Crippen LogP) is 2.63. The molecule has 0 saturated carbocycles. The molecule has 2 heterocycles. The SMILES string of the molecule is COc1cc([N+](=O)[O-])ccc1NC(=O)CN1CCCN(c2nc3ccccc3[nH]2)CC1. The van der Waals surface area contributed by atoms with Gasteiger partial charge in [-0.25, -0.2) is 4.98 Å². The molecular formula is C21H24N6O4. The lowest BCUT2D eigenvalue weighted by Crippen LogP contribution is -2.36. The molecule has 2 aromatic carbocycles. The van der Waals surface area contributed by atoms with Gasteiger partial charge in [-0.2, -0.15) is 0 Å². The number of hydrogen-bond acceptors (Lipinski definition) is 7. The molecule has 3 aromatic rings. The Labute approximate surface area is 179 Å². The molecule has 1 saturated heterocycles. The largest absolute Gasteiger partial charge is 0.494 e. The van der Waals surface area contributed by atoms with Gasteiger partial charge in [0.2, 0.25) is 11.9 Å². The van der Waals surface area contributed by atoms with Gasteiger partial charge in [-0.15, -0.1) is 0 Å². The van der Waals surface area contributed by atoms with Crippen LogP contribution in [0.4, 0.5) is 17.3 Å². The minimum Gasteiger partial charge on any atom is -0.494 e. The normalized spacial score (nSPS) is 14.9. The van der Waals surface area contributed by atoms with Crippen LogP contribution in [0.15, 0.2) is 42.5 Å². The van der Waals surface area contributed by atoms with Crippen molar-refractivity contribution in [2.75, 3.05) is 50.1 Å². The van der Waals surface area contributed by atoms with Gasteiger partial charge in [0.1, 0.15) is 5.75 Å². The number of aromatic amines is 1. The molecule has 4 rings (SSSR count). The Morgan fingerprint density at radius 1 is 1.23 bits per heavy atom. The summed E-state index contributed by atoms with van der Waals surface area (Å²) in [5.74, 6) is 0.918. The maximum Gasteiger partial charge on any atom is 0.273 e. The van der Waals surface area contributed by atoms with Crippen LogP contribution in [0.25, 0.3) is 11.0 Å². The molecule has 1 amide bonds. The van der Waals surface area contributed by atoms with Crippen molar-refractivity contribution in [1.82, 2.24) is 14.9 Å². The summed E-state index contributed by atoms with van der Waals surface area (Å²) in [4.78, 5) is 35.3. The van der Waals surface area contributed by atoms with Crippen LogP contribution in [0.2, 0.25) is 0 Å². The molecule has 1 aliphatic heterocycles. The van der Waals surface area contributed by atoms with E-state index < -0.39 is 4.92 Å². The Kier molecular flexibility index (Phi) is 5.99. The Morgan fingerprint density at radius 3 is 2.84 bits per heavy atom. The summed E-state index contributed by atoms with van der Waals surface area (Å²) in [5.41, 5.74) is 2.27. The fraction of sp³-hybridized carbons (Fsp3) is 0.333. The highest BCUT2D eigenvalue weighted by Gasteiger charge is 2.20. The van der Waals surface area contributed by atoms with Gasteiger partial charge in [-0.3, -0.25) is 19.8 Å². The first-order valence-electron chi connectivity index (χ1n) is 10.1. The van der Waals surface area contributed by atoms with Gasteiger partial charge in [-0.05, 0) is 24.6 Å². The Balaban J connectivity index is 1.36. The standard InChI is InChI=1S/C21H24N6O4/c1-31-19-13-15(27(29)30)7-8-18(19)22-20(28)14-25-9-4-10-26(12-11-25)21-23-16-5-2-3-6-17(16)24-21/h2-3,5-8,13H,4,9-12,14H2,1H3,(H,22,28)(H,23,24). The quantitative estimate of drug-likeness (QED) is 0.461. The molecule has 31 heavy (non-hydrogen) atoms. The Hall–Kier alpha value is -3.66. The van der Waals surface area contributed by atoms with Crippen molar-refractivity contribution in [3.63, 3.8) is 0 Å². The van der Waals surface area contributed by atoms with Crippen molar-refractivity contribution >= 4 is 34.3 Å². The topological polar surface area (TPSA) is 117 Å². The lowest BCUT2D eigenvalue weighted by atomic mass is 10.2. The molecule has 0 radical (unpaired) electrons. The van der Waals surface area contributed by atoms with Gasteiger partial charge in [0, 0.05) is 32.2 Å². The number of carbonyl (C=O) groups is 1. The summed E-state index contributed by atoms with van der Waals surface area (Å²) in [7, 11) is 1.41. The van der Waals surface area contributed by atoms with E-state index in [2.05, 4.69) is 25.1 Å². The first-order valence-corrected chi connectivity index (χ1v) is 10.1. The van der Waals surface area contributed by atoms with E-state index in [1.54, 1.807) is 0 Å². The Bertz CT molecular complexity index is 1070. The molecule has 2 N–H and O–H groups in total. The van der Waals surface area contributed by atoms with Crippen molar-refractivity contribution in [1.29, 1.82) is 0 Å². The molecule has 1 aromatic heterocycles. The summed E-state index contributed by atoms with van der Waals surface area (Å²) in [6.45, 7) is 3.36. The van der Waals surface area contributed by atoms with E-state index in [1.807, 2.05) is 24.3 Å². The lowest BCUT2D eigenvalue weighted by Gasteiger charge is -2.21. The van der Waals surface area contributed by atoms with Crippen molar-refractivity contribution in [3.05, 3.63) is 52.6 Å². The number of nitrogens with one attached hydrogen (secondary N) is 2. The summed E-state index contributed by atoms with van der Waals surface area (Å²) in [6, 6.07) is 12.1. The number of fused-ring (bicyclic) bond motifs is 1. The minimum absolute atomic E-state index is 0.0898. The van der Waals surface area contributed by atoms with Gasteiger partial charge in [-0.1, -0.05) is 12.1 Å². The molecule has 0 spiro atoms. The molecule has 0 aliphatic carbocycles. The number of non-ortho nitro benzene ring substituents is 1. The first kappa shape index (κ1) is 20.6. The van der Waals surface area contributed by atoms with E-state index in [0.717, 1.165) is 49.6 Å². The maximum atomic E-state index is 12.6. The molecule has 1 aliphatic rings. The number of nitro benzene ring substituents is 1. The smallest absolute Gasteiger partial charge is 0.273 e. The molecule has 10 nitrogen and oxygen atoms in total. The number of aromatic nitrogens is 2. The number of nitro groups is 1. The van der Waals surface area contributed by atoms with Crippen LogP contribution in [0.5, 0.6) is 5.75 Å². The van der Waals surface area contributed by atoms with Crippen molar-refractivity contribution < 1.29 is 14.5 Å². The van der Waals surface area contributed by atoms with E-state index in [1.165, 1.54) is 25.3 Å². The van der Waals surface area contributed by atoms with Crippen LogP contribution in [0.3, 0.4) is 0 Å². The second kappa shape index (κ2) is 9.00. The number of methoxy groups -OCH3 is 1. The molecule has 162 valence electrons. The molecule has 1 fully saturated rings. The highest BCUT2D eigenvalue weighted by Crippen LogP contribution is 2.29. The third kappa shape index (κ3) is 4.75. The number of H-pyrrole nitrogens is 1. The zero-order chi connectivity index (χ0) is 21.8. The predicted molar refractivity (Wildman–Crippen MR) is 118 cm³/mol. The van der Waals surface area contributed by atoms with Gasteiger partial charge in [0.15, 0.2) is 0 Å². The van der Waals surface area contributed by atoms with Crippen LogP contribution in [0.1, 0.15) is 6.42 Å². The van der Waals surface area contributed by atoms with Crippen molar-refractivity contribution in [2.24, 2.45) is 0 Å². The highest BCUT2D eigenvalue weighted by molar-refractivity contribution is 5.94. The third-order valence-electron chi connectivity index (χ3n) is 5.30. The molecule has 0 atom stereocenters. The van der Waals surface area contributed by atoms with Crippen LogP contribution in [0, 0.1) is 10.1 Å². The average Bonchev–Trinajstić information content (AvgIpc) is 3.06. The van der Waals surface area contributed by atoms with E-state index in [9.17, 15) is 14.9 Å². The number of anilines is 2. The van der Waals surface area contributed by atoms with Crippen LogP contribution in [-0.2, 0) is 4.79 Å². The number of ether oxygens (including phenoxy) is 1. The summed E-state index contributed by atoms with van der Waals surface area (Å²) >= 11 is 0. The van der Waals surface area contributed by atoms with E-state index >= 15 is 0 Å². The van der Waals surface area contributed by atoms with Gasteiger partial charge in [0.05, 0.1) is 41.4 Å². The van der Waals surface area contributed by atoms with Crippen LogP contribution in [-0.4, -0.2) is 65.5 Å². The average molecular weight is 424 g/mol. The molecule has 0 bridgehead atoms. The van der Waals surface area contributed by atoms with Crippen LogP contribution < -0.4 is 15.0 Å². The van der Waals surface area contributed by atoms with Gasteiger partial charge >= 0.3 is 0 Å². The van der Waals surface area contributed by atoms with E-state index in [-0.39, 0.29) is 23.9 Å². The number of nitrogens with zero attached hydrogens (tertiary/aromatic N) is 4. The van der Waals surface area contributed by atoms with Gasteiger partial charge in [0.25, 0.3) is 5.69 Å². The lowest BCUT2D eigenvalue weighted by molar-refractivity contribution is -0.384. The van der Waals surface area contributed by atoms with Crippen LogP contribution >= 0.6 is 0 Å². The number of amides is 1. The first-order chi connectivity index (χ1) is 15.0. The molecule has 0 unspecified atom stereocenters. The van der Waals surface area contributed by atoms with E-state index in [4.69, 9.17) is 4.74 Å². The number of rotatable bonds is 6. The molecular weight excluding hydrogens is 400 g/mol. The second-order valence-electron chi connectivity index (χ2n) is 7.38. The van der Waals surface area contributed by atoms with Crippen molar-refractivity contribution in [3.8, 4) is 5.75 Å². The summed E-state index contributed by atoms with van der Waals surface area (Å²) in [5, 5.41) is 13.7. The fourth-order valence-corrected chi connectivity index (χ4v) is 3.72. The van der Waals surface area contributed by atoms with Gasteiger partial charge < -0.3 is 19.9 Å². The highest BCUT2D eigenvalue weighted by atomic mass is 16.6. The number of benzene rings is 2. The van der Waals surface area contributed by atoms with E-state index in [0.29, 0.717) is 5.69 Å². The van der Waals surface area contributed by atoms with Crippen molar-refractivity contribution in [2.45, 2.75) is 6.42 Å². The Morgan fingerprint density at radius 2 is 2.06 bits per heavy atom. The maximum absolute atomic E-state index is 12.6. The number of hydrogen-bond donors (Lipinski definition) is 2. The minimum atomic E-state index is -0.501. The molecule has 10 heteroatoms. The zero-order valence-corrected chi connectivity index (χ0v) is 17.2. The third-order valence-corrected chi connectivity index (χ3v) is 5.30. The monoisotopic (exact) mass is 424 g/mol.